The number of hydrogen-bond donors (Lipinski definition) is 2. The first-order chi connectivity index (χ1) is 10.7. The zero-order valence-electron chi connectivity index (χ0n) is 11.8. The van der Waals surface area contributed by atoms with Crippen molar-refractivity contribution in [3.63, 3.8) is 0 Å². The summed E-state index contributed by atoms with van der Waals surface area (Å²) in [4.78, 5) is 11.8. The van der Waals surface area contributed by atoms with Crippen molar-refractivity contribution in [2.75, 3.05) is 36.6 Å². The summed E-state index contributed by atoms with van der Waals surface area (Å²) >= 11 is 2.65. The van der Waals surface area contributed by atoms with Crippen molar-refractivity contribution in [3.05, 3.63) is 30.1 Å². The topological polar surface area (TPSA) is 76.1 Å². The Hall–Kier alpha value is -1.71. The van der Waals surface area contributed by atoms with Crippen LogP contribution in [0.2, 0.25) is 0 Å². The first-order valence-electron chi connectivity index (χ1n) is 6.42. The maximum Gasteiger partial charge on any atom is 0.234 e. The Balaban J connectivity index is 1.76. The van der Waals surface area contributed by atoms with Crippen molar-refractivity contribution in [1.82, 2.24) is 10.2 Å². The van der Waals surface area contributed by atoms with Crippen LogP contribution in [0.1, 0.15) is 0 Å². The first kappa shape index (κ1) is 16.7. The minimum atomic E-state index is -0.388. The first-order valence-corrected chi connectivity index (χ1v) is 8.22. The van der Waals surface area contributed by atoms with Crippen LogP contribution < -0.4 is 10.6 Å². The highest BCUT2D eigenvalue weighted by Gasteiger charge is 2.08. The second-order valence-electron chi connectivity index (χ2n) is 4.14. The van der Waals surface area contributed by atoms with E-state index >= 15 is 0 Å². The van der Waals surface area contributed by atoms with Gasteiger partial charge in [-0.15, -0.1) is 10.2 Å². The molecule has 22 heavy (non-hydrogen) atoms. The van der Waals surface area contributed by atoms with E-state index in [1.54, 1.807) is 19.2 Å². The summed E-state index contributed by atoms with van der Waals surface area (Å²) < 4.78 is 18.6. The van der Waals surface area contributed by atoms with Gasteiger partial charge in [0.15, 0.2) is 4.34 Å². The number of nitrogens with one attached hydrogen (secondary N) is 2. The Labute approximate surface area is 135 Å². The Morgan fingerprint density at radius 2 is 2.32 bits per heavy atom. The van der Waals surface area contributed by atoms with E-state index in [1.807, 2.05) is 0 Å². The van der Waals surface area contributed by atoms with Gasteiger partial charge in [-0.2, -0.15) is 0 Å². The van der Waals surface area contributed by atoms with Gasteiger partial charge in [-0.3, -0.25) is 4.79 Å². The lowest BCUT2D eigenvalue weighted by molar-refractivity contribution is -0.113. The maximum absolute atomic E-state index is 13.0. The molecule has 1 amide bonds. The molecule has 0 saturated carbocycles. The fourth-order valence-electron chi connectivity index (χ4n) is 1.49. The van der Waals surface area contributed by atoms with Gasteiger partial charge in [0.2, 0.25) is 11.0 Å². The molecule has 0 saturated heterocycles. The number of carbonyl (C=O) groups is 1. The normalized spacial score (nSPS) is 10.5. The molecule has 1 heterocycles. The van der Waals surface area contributed by atoms with Gasteiger partial charge in [0.25, 0.3) is 0 Å². The second kappa shape index (κ2) is 8.66. The molecule has 0 atom stereocenters. The van der Waals surface area contributed by atoms with Crippen LogP contribution in [0, 0.1) is 5.82 Å². The summed E-state index contributed by atoms with van der Waals surface area (Å²) in [6.07, 6.45) is 0. The van der Waals surface area contributed by atoms with Crippen LogP contribution in [0.4, 0.5) is 15.2 Å². The molecule has 0 aliphatic heterocycles. The number of halogens is 1. The van der Waals surface area contributed by atoms with Gasteiger partial charge in [-0.1, -0.05) is 29.2 Å². The largest absolute Gasteiger partial charge is 0.383 e. The van der Waals surface area contributed by atoms with Crippen molar-refractivity contribution in [2.45, 2.75) is 4.34 Å². The second-order valence-corrected chi connectivity index (χ2v) is 6.34. The smallest absolute Gasteiger partial charge is 0.234 e. The van der Waals surface area contributed by atoms with E-state index in [1.165, 1.54) is 35.2 Å². The summed E-state index contributed by atoms with van der Waals surface area (Å²) in [6, 6.07) is 5.77. The molecule has 0 bridgehead atoms. The highest BCUT2D eigenvalue weighted by atomic mass is 32.2. The van der Waals surface area contributed by atoms with Gasteiger partial charge in [-0.05, 0) is 18.2 Å². The molecule has 0 spiro atoms. The number of rotatable bonds is 8. The standard InChI is InChI=1S/C13H15FN4O2S2/c1-20-6-5-15-12-17-18-13(22-12)21-8-11(19)16-10-4-2-3-9(14)7-10/h2-4,7H,5-6,8H2,1H3,(H,15,17)(H,16,19). The molecule has 0 aliphatic carbocycles. The summed E-state index contributed by atoms with van der Waals surface area (Å²) in [7, 11) is 1.63. The third-order valence-electron chi connectivity index (χ3n) is 2.42. The van der Waals surface area contributed by atoms with Crippen molar-refractivity contribution >= 4 is 39.8 Å². The fourth-order valence-corrected chi connectivity index (χ4v) is 3.07. The van der Waals surface area contributed by atoms with Gasteiger partial charge in [0, 0.05) is 19.3 Å². The fraction of sp³-hybridized carbons (Fsp3) is 0.308. The van der Waals surface area contributed by atoms with E-state index in [9.17, 15) is 9.18 Å². The molecule has 0 unspecified atom stereocenters. The number of amides is 1. The Morgan fingerprint density at radius 1 is 1.45 bits per heavy atom. The van der Waals surface area contributed by atoms with Crippen LogP contribution in [0.15, 0.2) is 28.6 Å². The summed E-state index contributed by atoms with van der Waals surface area (Å²) in [6.45, 7) is 1.23. The van der Waals surface area contributed by atoms with E-state index in [-0.39, 0.29) is 17.5 Å². The molecule has 6 nitrogen and oxygen atoms in total. The molecule has 0 fully saturated rings. The predicted octanol–water partition coefficient (Wildman–Crippen LogP) is 2.47. The molecular weight excluding hydrogens is 327 g/mol. The van der Waals surface area contributed by atoms with Gasteiger partial charge in [0.1, 0.15) is 5.82 Å². The third-order valence-corrected chi connectivity index (χ3v) is 4.44. The predicted molar refractivity (Wildman–Crippen MR) is 86.0 cm³/mol. The summed E-state index contributed by atoms with van der Waals surface area (Å²) in [5.74, 6) is -0.426. The molecule has 2 rings (SSSR count). The van der Waals surface area contributed by atoms with E-state index < -0.39 is 0 Å². The average molecular weight is 342 g/mol. The number of nitrogens with zero attached hydrogens (tertiary/aromatic N) is 2. The van der Waals surface area contributed by atoms with Gasteiger partial charge < -0.3 is 15.4 Å². The lowest BCUT2D eigenvalue weighted by Gasteiger charge is -2.03. The van der Waals surface area contributed by atoms with Crippen LogP contribution in [0.3, 0.4) is 0 Å². The number of aromatic nitrogens is 2. The van der Waals surface area contributed by atoms with Gasteiger partial charge in [0.05, 0.1) is 12.4 Å². The van der Waals surface area contributed by atoms with Crippen LogP contribution in [-0.4, -0.2) is 42.1 Å². The Bertz CT molecular complexity index is 624. The van der Waals surface area contributed by atoms with E-state index in [4.69, 9.17) is 4.74 Å². The zero-order valence-corrected chi connectivity index (χ0v) is 13.5. The monoisotopic (exact) mass is 342 g/mol. The minimum absolute atomic E-state index is 0.184. The van der Waals surface area contributed by atoms with E-state index in [0.29, 0.717) is 28.3 Å². The molecular formula is C13H15FN4O2S2. The quantitative estimate of drug-likeness (QED) is 0.567. The number of methoxy groups -OCH3 is 1. The molecule has 0 aliphatic rings. The lowest BCUT2D eigenvalue weighted by atomic mass is 10.3. The van der Waals surface area contributed by atoms with Crippen molar-refractivity contribution < 1.29 is 13.9 Å². The number of hydrogen-bond acceptors (Lipinski definition) is 7. The molecule has 1 aromatic heterocycles. The van der Waals surface area contributed by atoms with Crippen LogP contribution in [0.5, 0.6) is 0 Å². The van der Waals surface area contributed by atoms with Crippen molar-refractivity contribution in [2.24, 2.45) is 0 Å². The van der Waals surface area contributed by atoms with Gasteiger partial charge in [-0.25, -0.2) is 4.39 Å². The van der Waals surface area contributed by atoms with Crippen LogP contribution in [-0.2, 0) is 9.53 Å². The third kappa shape index (κ3) is 5.58. The molecule has 0 radical (unpaired) electrons. The van der Waals surface area contributed by atoms with Gasteiger partial charge >= 0.3 is 0 Å². The highest BCUT2D eigenvalue weighted by Crippen LogP contribution is 2.25. The van der Waals surface area contributed by atoms with Crippen molar-refractivity contribution in [1.29, 1.82) is 0 Å². The number of benzene rings is 1. The van der Waals surface area contributed by atoms with Crippen LogP contribution in [0.25, 0.3) is 0 Å². The van der Waals surface area contributed by atoms with E-state index in [2.05, 4.69) is 20.8 Å². The number of thioether (sulfide) groups is 1. The van der Waals surface area contributed by atoms with E-state index in [0.717, 1.165) is 0 Å². The lowest BCUT2D eigenvalue weighted by Crippen LogP contribution is -2.13. The minimum Gasteiger partial charge on any atom is -0.383 e. The number of anilines is 2. The Morgan fingerprint density at radius 3 is 3.09 bits per heavy atom. The molecule has 2 N–H and O–H groups in total. The SMILES string of the molecule is COCCNc1nnc(SCC(=O)Nc2cccc(F)c2)s1. The molecule has 1 aromatic carbocycles. The zero-order chi connectivity index (χ0) is 15.8. The molecule has 9 heteroatoms. The number of carbonyl (C=O) groups excluding carboxylic acids is 1. The van der Waals surface area contributed by atoms with Crippen molar-refractivity contribution in [3.8, 4) is 0 Å². The highest BCUT2D eigenvalue weighted by molar-refractivity contribution is 8.01. The molecule has 2 aromatic rings. The Kier molecular flexibility index (Phi) is 6.56. The van der Waals surface area contributed by atoms with Crippen LogP contribution >= 0.6 is 23.1 Å². The maximum atomic E-state index is 13.0. The summed E-state index contributed by atoms with van der Waals surface area (Å²) in [5, 5.41) is 14.3. The summed E-state index contributed by atoms with van der Waals surface area (Å²) in [5.41, 5.74) is 0.435. The average Bonchev–Trinajstić information content (AvgIpc) is 2.93. The number of ether oxygens (including phenoxy) is 1. The molecule has 118 valence electrons.